The Morgan fingerprint density at radius 2 is 2.00 bits per heavy atom. The standard InChI is InChI=1S/C16H17FN2OS/c17-12-5-3-10(4-6-12)14-15(20)19-16(21-14)18-13-8-9-1-2-11(13)7-9/h3-6,9,11,13-14H,1-2,7-8H2,(H,18,19,20)/t9-,11+,13+,14?/m1/s1. The zero-order chi connectivity index (χ0) is 14.4. The van der Waals surface area contributed by atoms with Crippen LogP contribution in [-0.2, 0) is 4.79 Å². The molecule has 1 heterocycles. The normalized spacial score (nSPS) is 34.3. The maximum atomic E-state index is 13.0. The van der Waals surface area contributed by atoms with E-state index in [1.807, 2.05) is 0 Å². The molecule has 1 aliphatic heterocycles. The molecule has 1 aromatic carbocycles. The number of aliphatic imine (C=N–C) groups is 1. The molecule has 4 atom stereocenters. The summed E-state index contributed by atoms with van der Waals surface area (Å²) < 4.78 is 13.0. The lowest BCUT2D eigenvalue weighted by molar-refractivity contribution is -0.117. The summed E-state index contributed by atoms with van der Waals surface area (Å²) in [6.07, 6.45) is 5.19. The molecule has 1 unspecified atom stereocenters. The fourth-order valence-corrected chi connectivity index (χ4v) is 4.87. The second-order valence-electron chi connectivity index (χ2n) is 6.23. The quantitative estimate of drug-likeness (QED) is 0.911. The number of hydrogen-bond acceptors (Lipinski definition) is 3. The second-order valence-corrected chi connectivity index (χ2v) is 7.32. The molecule has 0 radical (unpaired) electrons. The minimum absolute atomic E-state index is 0.141. The highest BCUT2D eigenvalue weighted by molar-refractivity contribution is 8.15. The maximum absolute atomic E-state index is 13.0. The van der Waals surface area contributed by atoms with Crippen LogP contribution in [0.25, 0.3) is 0 Å². The molecule has 4 rings (SSSR count). The zero-order valence-electron chi connectivity index (χ0n) is 11.6. The first-order valence-electron chi connectivity index (χ1n) is 7.50. The molecule has 110 valence electrons. The summed E-state index contributed by atoms with van der Waals surface area (Å²) in [6, 6.07) is 6.60. The molecule has 5 heteroatoms. The van der Waals surface area contributed by atoms with Crippen LogP contribution >= 0.6 is 11.8 Å². The number of amides is 1. The van der Waals surface area contributed by atoms with Gasteiger partial charge in [0.15, 0.2) is 5.17 Å². The van der Waals surface area contributed by atoms with Crippen LogP contribution in [-0.4, -0.2) is 17.1 Å². The first kappa shape index (κ1) is 13.3. The van der Waals surface area contributed by atoms with Gasteiger partial charge in [-0.1, -0.05) is 30.3 Å². The van der Waals surface area contributed by atoms with Crippen LogP contribution in [0.1, 0.15) is 36.5 Å². The molecule has 0 saturated heterocycles. The number of nitrogens with one attached hydrogen (secondary N) is 1. The number of rotatable bonds is 2. The van der Waals surface area contributed by atoms with Crippen molar-refractivity contribution in [3.63, 3.8) is 0 Å². The fraction of sp³-hybridized carbons (Fsp3) is 0.500. The summed E-state index contributed by atoms with van der Waals surface area (Å²) in [4.78, 5) is 16.2. The van der Waals surface area contributed by atoms with Crippen molar-refractivity contribution in [1.29, 1.82) is 0 Å². The van der Waals surface area contributed by atoms with Gasteiger partial charge in [-0.3, -0.25) is 4.79 Å². The highest BCUT2D eigenvalue weighted by Gasteiger charge is 2.41. The van der Waals surface area contributed by atoms with Crippen LogP contribution in [0, 0.1) is 17.7 Å². The number of benzene rings is 1. The Hall–Kier alpha value is -1.36. The summed E-state index contributed by atoms with van der Waals surface area (Å²) in [5, 5.41) is 3.88. The molecule has 2 aliphatic carbocycles. The first-order chi connectivity index (χ1) is 10.2. The van der Waals surface area contributed by atoms with Gasteiger partial charge in [0.2, 0.25) is 0 Å². The van der Waals surface area contributed by atoms with E-state index in [0.29, 0.717) is 6.04 Å². The maximum Gasteiger partial charge on any atom is 0.266 e. The van der Waals surface area contributed by atoms with Crippen LogP contribution < -0.4 is 5.32 Å². The van der Waals surface area contributed by atoms with Gasteiger partial charge in [-0.25, -0.2) is 4.39 Å². The van der Waals surface area contributed by atoms with Crippen LogP contribution in [0.3, 0.4) is 0 Å². The number of amidine groups is 1. The van der Waals surface area contributed by atoms with Gasteiger partial charge in [-0.15, -0.1) is 0 Å². The van der Waals surface area contributed by atoms with E-state index in [1.165, 1.54) is 49.6 Å². The molecule has 21 heavy (non-hydrogen) atoms. The molecule has 2 bridgehead atoms. The topological polar surface area (TPSA) is 41.5 Å². The Bertz CT molecular complexity index is 601. The van der Waals surface area contributed by atoms with Crippen molar-refractivity contribution in [3.8, 4) is 0 Å². The number of carbonyl (C=O) groups is 1. The third-order valence-electron chi connectivity index (χ3n) is 4.89. The van der Waals surface area contributed by atoms with Gasteiger partial charge >= 0.3 is 0 Å². The van der Waals surface area contributed by atoms with E-state index in [-0.39, 0.29) is 17.0 Å². The molecule has 0 aromatic heterocycles. The Morgan fingerprint density at radius 1 is 1.19 bits per heavy atom. The summed E-state index contributed by atoms with van der Waals surface area (Å²) in [6.45, 7) is 0. The Morgan fingerprint density at radius 3 is 2.67 bits per heavy atom. The van der Waals surface area contributed by atoms with Gasteiger partial charge in [-0.2, -0.15) is 4.99 Å². The zero-order valence-corrected chi connectivity index (χ0v) is 12.4. The predicted molar refractivity (Wildman–Crippen MR) is 81.5 cm³/mol. The SMILES string of the molecule is O=C1N=C(N[C@H]2C[C@@H]3CC[C@H]2C3)SC1c1ccc(F)cc1. The van der Waals surface area contributed by atoms with Gasteiger partial charge in [0, 0.05) is 6.04 Å². The van der Waals surface area contributed by atoms with Gasteiger partial charge in [-0.05, 0) is 48.8 Å². The molecule has 0 spiro atoms. The van der Waals surface area contributed by atoms with Gasteiger partial charge in [0.05, 0.1) is 0 Å². The van der Waals surface area contributed by atoms with E-state index < -0.39 is 0 Å². The lowest BCUT2D eigenvalue weighted by Gasteiger charge is -2.23. The molecular weight excluding hydrogens is 287 g/mol. The Kier molecular flexibility index (Phi) is 3.25. The van der Waals surface area contributed by atoms with Crippen molar-refractivity contribution in [1.82, 2.24) is 5.32 Å². The van der Waals surface area contributed by atoms with Gasteiger partial charge in [0.1, 0.15) is 11.1 Å². The predicted octanol–water partition coefficient (Wildman–Crippen LogP) is 3.27. The lowest BCUT2D eigenvalue weighted by Crippen LogP contribution is -2.36. The average Bonchev–Trinajstić information content (AvgIpc) is 3.16. The van der Waals surface area contributed by atoms with Gasteiger partial charge in [0.25, 0.3) is 5.91 Å². The number of hydrogen-bond donors (Lipinski definition) is 1. The minimum Gasteiger partial charge on any atom is -0.361 e. The molecular formula is C16H17FN2OS. The molecule has 3 nitrogen and oxygen atoms in total. The van der Waals surface area contributed by atoms with Crippen molar-refractivity contribution in [2.75, 3.05) is 0 Å². The monoisotopic (exact) mass is 304 g/mol. The molecule has 1 N–H and O–H groups in total. The van der Waals surface area contributed by atoms with Crippen molar-refractivity contribution < 1.29 is 9.18 Å². The van der Waals surface area contributed by atoms with Crippen LogP contribution in [0.2, 0.25) is 0 Å². The summed E-state index contributed by atoms with van der Waals surface area (Å²) in [5.74, 6) is 1.19. The largest absolute Gasteiger partial charge is 0.361 e. The molecule has 2 fully saturated rings. The third kappa shape index (κ3) is 2.48. The fourth-order valence-electron chi connectivity index (χ4n) is 3.84. The number of thioether (sulfide) groups is 1. The number of nitrogens with zero attached hydrogens (tertiary/aromatic N) is 1. The van der Waals surface area contributed by atoms with Crippen molar-refractivity contribution in [2.45, 2.75) is 37.0 Å². The van der Waals surface area contributed by atoms with E-state index in [0.717, 1.165) is 22.6 Å². The summed E-state index contributed by atoms with van der Waals surface area (Å²) in [5.41, 5.74) is 0.819. The van der Waals surface area contributed by atoms with Crippen LogP contribution in [0.15, 0.2) is 29.3 Å². The minimum atomic E-state index is -0.327. The van der Waals surface area contributed by atoms with E-state index >= 15 is 0 Å². The highest BCUT2D eigenvalue weighted by Crippen LogP contribution is 2.45. The number of halogens is 1. The smallest absolute Gasteiger partial charge is 0.266 e. The Balaban J connectivity index is 1.43. The summed E-state index contributed by atoms with van der Waals surface area (Å²) in [7, 11) is 0. The van der Waals surface area contributed by atoms with Crippen molar-refractivity contribution in [2.24, 2.45) is 16.8 Å². The Labute approximate surface area is 127 Å². The molecule has 3 aliphatic rings. The van der Waals surface area contributed by atoms with Crippen molar-refractivity contribution >= 4 is 22.8 Å². The van der Waals surface area contributed by atoms with E-state index in [9.17, 15) is 9.18 Å². The van der Waals surface area contributed by atoms with E-state index in [4.69, 9.17) is 0 Å². The van der Waals surface area contributed by atoms with Crippen LogP contribution in [0.5, 0.6) is 0 Å². The summed E-state index contributed by atoms with van der Waals surface area (Å²) >= 11 is 1.46. The number of carbonyl (C=O) groups excluding carboxylic acids is 1. The average molecular weight is 304 g/mol. The molecule has 2 saturated carbocycles. The third-order valence-corrected chi connectivity index (χ3v) is 6.03. The van der Waals surface area contributed by atoms with Crippen LogP contribution in [0.4, 0.5) is 4.39 Å². The van der Waals surface area contributed by atoms with E-state index in [1.54, 1.807) is 12.1 Å². The van der Waals surface area contributed by atoms with Gasteiger partial charge < -0.3 is 5.32 Å². The second kappa shape index (κ2) is 5.13. The van der Waals surface area contributed by atoms with Crippen molar-refractivity contribution in [3.05, 3.63) is 35.6 Å². The lowest BCUT2D eigenvalue weighted by atomic mass is 9.96. The molecule has 1 amide bonds. The van der Waals surface area contributed by atoms with E-state index in [2.05, 4.69) is 10.3 Å². The number of fused-ring (bicyclic) bond motifs is 2. The molecule has 1 aromatic rings. The first-order valence-corrected chi connectivity index (χ1v) is 8.38. The highest BCUT2D eigenvalue weighted by atomic mass is 32.2.